The van der Waals surface area contributed by atoms with Gasteiger partial charge in [0.2, 0.25) is 5.91 Å². The van der Waals surface area contributed by atoms with Crippen LogP contribution in [0.4, 0.5) is 11.4 Å². The number of methoxy groups -OCH3 is 1. The van der Waals surface area contributed by atoms with Crippen molar-refractivity contribution in [3.05, 3.63) is 112 Å². The van der Waals surface area contributed by atoms with Crippen LogP contribution in [0.2, 0.25) is 0 Å². The van der Waals surface area contributed by atoms with Gasteiger partial charge in [0.1, 0.15) is 11.8 Å². The van der Waals surface area contributed by atoms with E-state index in [0.29, 0.717) is 11.4 Å². The van der Waals surface area contributed by atoms with Crippen LogP contribution in [0.1, 0.15) is 21.6 Å². The highest BCUT2D eigenvalue weighted by molar-refractivity contribution is 6.01. The highest BCUT2D eigenvalue weighted by atomic mass is 16.6. The number of hydrogen-bond donors (Lipinski definition) is 1. The number of benzene rings is 3. The van der Waals surface area contributed by atoms with E-state index in [1.165, 1.54) is 27.9 Å². The van der Waals surface area contributed by atoms with Gasteiger partial charge in [0.25, 0.3) is 11.6 Å². The van der Waals surface area contributed by atoms with Gasteiger partial charge in [0, 0.05) is 31.3 Å². The van der Waals surface area contributed by atoms with Gasteiger partial charge in [-0.05, 0) is 35.4 Å². The molecule has 0 unspecified atom stereocenters. The predicted octanol–water partition coefficient (Wildman–Crippen LogP) is 3.25. The van der Waals surface area contributed by atoms with Crippen LogP contribution in [0.25, 0.3) is 0 Å². The number of likely N-dealkylation sites (N-methyl/N-ethyl adjacent to an activating group) is 1. The number of non-ortho nitro benzene ring substituents is 1. The van der Waals surface area contributed by atoms with Gasteiger partial charge < -0.3 is 15.0 Å². The molecule has 11 heteroatoms. The number of hydrogen-bond acceptors (Lipinski definition) is 7. The largest absolute Gasteiger partial charge is 0.497 e. The van der Waals surface area contributed by atoms with Crippen LogP contribution < -0.4 is 15.0 Å². The minimum absolute atomic E-state index is 0.0128. The summed E-state index contributed by atoms with van der Waals surface area (Å²) in [6.45, 7) is 0.269. The summed E-state index contributed by atoms with van der Waals surface area (Å²) in [6.07, 6.45) is 1.75. The number of nitrogens with zero attached hydrogens (tertiary/aromatic N) is 5. The fourth-order valence-electron chi connectivity index (χ4n) is 3.84. The molecule has 0 spiro atoms. The SMILES string of the molecule is COc1ccc(N(C)C(=O)[C@H](Cc2ccccc2)NC(=O)c2cn(Cc3ccc([N+](=O)[O-])cc3)nn2)cc1. The van der Waals surface area contributed by atoms with E-state index in [9.17, 15) is 19.7 Å². The number of anilines is 1. The molecule has 1 atom stereocenters. The molecule has 0 bridgehead atoms. The number of amides is 2. The molecule has 0 saturated heterocycles. The van der Waals surface area contributed by atoms with Gasteiger partial charge in [-0.25, -0.2) is 4.68 Å². The zero-order valence-corrected chi connectivity index (χ0v) is 20.9. The molecule has 0 aliphatic rings. The van der Waals surface area contributed by atoms with Crippen molar-refractivity contribution >= 4 is 23.2 Å². The summed E-state index contributed by atoms with van der Waals surface area (Å²) in [5, 5.41) is 21.6. The molecule has 1 N–H and O–H groups in total. The van der Waals surface area contributed by atoms with Crippen LogP contribution in [-0.2, 0) is 17.8 Å². The monoisotopic (exact) mass is 514 g/mol. The van der Waals surface area contributed by atoms with E-state index in [1.807, 2.05) is 30.3 Å². The zero-order chi connectivity index (χ0) is 27.1. The number of ether oxygens (including phenoxy) is 1. The summed E-state index contributed by atoms with van der Waals surface area (Å²) in [6, 6.07) is 21.6. The van der Waals surface area contributed by atoms with E-state index >= 15 is 0 Å². The van der Waals surface area contributed by atoms with Crippen LogP contribution in [0, 0.1) is 10.1 Å². The maximum atomic E-state index is 13.5. The van der Waals surface area contributed by atoms with Crippen LogP contribution >= 0.6 is 0 Å². The molecule has 0 radical (unpaired) electrons. The first-order chi connectivity index (χ1) is 18.3. The third-order valence-electron chi connectivity index (χ3n) is 5.94. The van der Waals surface area contributed by atoms with Crippen molar-refractivity contribution in [2.75, 3.05) is 19.1 Å². The predicted molar refractivity (Wildman–Crippen MR) is 140 cm³/mol. The molecular weight excluding hydrogens is 488 g/mol. The Bertz CT molecular complexity index is 1400. The Labute approximate surface area is 218 Å². The maximum Gasteiger partial charge on any atom is 0.274 e. The Morgan fingerprint density at radius 2 is 1.71 bits per heavy atom. The third-order valence-corrected chi connectivity index (χ3v) is 5.94. The minimum atomic E-state index is -0.864. The van der Waals surface area contributed by atoms with E-state index in [0.717, 1.165) is 11.1 Å². The molecular formula is C27H26N6O5. The van der Waals surface area contributed by atoms with Crippen molar-refractivity contribution < 1.29 is 19.2 Å². The van der Waals surface area contributed by atoms with Crippen LogP contribution in [0.5, 0.6) is 5.75 Å². The number of rotatable bonds is 10. The first-order valence-corrected chi connectivity index (χ1v) is 11.7. The van der Waals surface area contributed by atoms with E-state index in [4.69, 9.17) is 4.74 Å². The van der Waals surface area contributed by atoms with Crippen LogP contribution in [0.15, 0.2) is 85.1 Å². The average molecular weight is 515 g/mol. The molecule has 1 aromatic heterocycles. The standard InChI is InChI=1S/C27H26N6O5/c1-31(21-12-14-23(38-2)15-13-21)27(35)24(16-19-6-4-3-5-7-19)28-26(34)25-18-32(30-29-25)17-20-8-10-22(11-9-20)33(36)37/h3-15,18,24H,16-17H2,1-2H3,(H,28,34)/t24-/m0/s1. The first-order valence-electron chi connectivity index (χ1n) is 11.7. The van der Waals surface area contributed by atoms with Crippen LogP contribution in [0.3, 0.4) is 0 Å². The highest BCUT2D eigenvalue weighted by Crippen LogP contribution is 2.20. The first kappa shape index (κ1) is 26.0. The lowest BCUT2D eigenvalue weighted by Crippen LogP contribution is -2.48. The summed E-state index contributed by atoms with van der Waals surface area (Å²) in [7, 11) is 3.21. The van der Waals surface area contributed by atoms with Gasteiger partial charge in [0.15, 0.2) is 5.69 Å². The molecule has 11 nitrogen and oxygen atoms in total. The van der Waals surface area contributed by atoms with Gasteiger partial charge in [0.05, 0.1) is 24.8 Å². The van der Waals surface area contributed by atoms with Gasteiger partial charge in [-0.3, -0.25) is 19.7 Å². The number of carbonyl (C=O) groups is 2. The van der Waals surface area contributed by atoms with Crippen molar-refractivity contribution in [2.45, 2.75) is 19.0 Å². The minimum Gasteiger partial charge on any atom is -0.497 e. The molecule has 2 amide bonds. The van der Waals surface area contributed by atoms with Gasteiger partial charge in [-0.2, -0.15) is 0 Å². The summed E-state index contributed by atoms with van der Waals surface area (Å²) < 4.78 is 6.64. The number of nitro groups is 1. The number of nitro benzene ring substituents is 1. The molecule has 1 heterocycles. The second-order valence-electron chi connectivity index (χ2n) is 8.54. The van der Waals surface area contributed by atoms with Crippen molar-refractivity contribution in [3.8, 4) is 5.75 Å². The number of aromatic nitrogens is 3. The lowest BCUT2D eigenvalue weighted by Gasteiger charge is -2.25. The van der Waals surface area contributed by atoms with Gasteiger partial charge >= 0.3 is 0 Å². The molecule has 194 valence electrons. The van der Waals surface area contributed by atoms with Gasteiger partial charge in [-0.1, -0.05) is 47.7 Å². The third kappa shape index (κ3) is 6.38. The number of nitrogens with one attached hydrogen (secondary N) is 1. The van der Waals surface area contributed by atoms with Crippen LogP contribution in [-0.4, -0.2) is 51.9 Å². The highest BCUT2D eigenvalue weighted by Gasteiger charge is 2.27. The second-order valence-corrected chi connectivity index (χ2v) is 8.54. The summed E-state index contributed by atoms with van der Waals surface area (Å²) in [5.74, 6) is -0.177. The van der Waals surface area contributed by atoms with Crippen molar-refractivity contribution in [2.24, 2.45) is 0 Å². The van der Waals surface area contributed by atoms with E-state index in [2.05, 4.69) is 15.6 Å². The van der Waals surface area contributed by atoms with Gasteiger partial charge in [-0.15, -0.1) is 5.10 Å². The molecule has 4 rings (SSSR count). The summed E-state index contributed by atoms with van der Waals surface area (Å²) >= 11 is 0. The fraction of sp³-hybridized carbons (Fsp3) is 0.185. The van der Waals surface area contributed by atoms with E-state index < -0.39 is 16.9 Å². The Balaban J connectivity index is 1.49. The summed E-state index contributed by atoms with van der Waals surface area (Å²) in [4.78, 5) is 38.4. The normalized spacial score (nSPS) is 11.4. The fourth-order valence-corrected chi connectivity index (χ4v) is 3.84. The van der Waals surface area contributed by atoms with Crippen molar-refractivity contribution in [1.29, 1.82) is 0 Å². The molecule has 3 aromatic carbocycles. The Morgan fingerprint density at radius 1 is 1.03 bits per heavy atom. The molecule has 0 saturated carbocycles. The number of carbonyl (C=O) groups excluding carboxylic acids is 2. The smallest absolute Gasteiger partial charge is 0.274 e. The molecule has 38 heavy (non-hydrogen) atoms. The van der Waals surface area contributed by atoms with E-state index in [-0.39, 0.29) is 30.3 Å². The Kier molecular flexibility index (Phi) is 8.07. The lowest BCUT2D eigenvalue weighted by atomic mass is 10.0. The summed E-state index contributed by atoms with van der Waals surface area (Å²) in [5.41, 5.74) is 2.32. The lowest BCUT2D eigenvalue weighted by molar-refractivity contribution is -0.384. The molecule has 4 aromatic rings. The van der Waals surface area contributed by atoms with Crippen molar-refractivity contribution in [1.82, 2.24) is 20.3 Å². The quantitative estimate of drug-likeness (QED) is 0.254. The molecule has 0 aliphatic carbocycles. The van der Waals surface area contributed by atoms with E-state index in [1.54, 1.807) is 50.6 Å². The maximum absolute atomic E-state index is 13.5. The zero-order valence-electron chi connectivity index (χ0n) is 20.9. The Morgan fingerprint density at radius 3 is 2.34 bits per heavy atom. The topological polar surface area (TPSA) is 132 Å². The Hall–Kier alpha value is -5.06. The molecule has 0 fully saturated rings. The molecule has 0 aliphatic heterocycles. The second kappa shape index (κ2) is 11.8. The van der Waals surface area contributed by atoms with Crippen molar-refractivity contribution in [3.63, 3.8) is 0 Å². The average Bonchev–Trinajstić information content (AvgIpc) is 3.41.